The molecule has 0 saturated carbocycles. The van der Waals surface area contributed by atoms with Gasteiger partial charge in [0.25, 0.3) is 5.91 Å². The van der Waals surface area contributed by atoms with Gasteiger partial charge in [-0.1, -0.05) is 0 Å². The molecular formula is C22H18F3N3O4. The zero-order valence-electron chi connectivity index (χ0n) is 17.3. The number of carbonyl (C=O) groups excluding carboxylic acids is 2. The van der Waals surface area contributed by atoms with Crippen molar-refractivity contribution in [3.8, 4) is 11.5 Å². The molecule has 1 aliphatic rings. The summed E-state index contributed by atoms with van der Waals surface area (Å²) >= 11 is 0. The number of hydrogen-bond acceptors (Lipinski definition) is 5. The van der Waals surface area contributed by atoms with Crippen molar-refractivity contribution in [2.45, 2.75) is 25.9 Å². The number of rotatable bonds is 4. The Hall–Kier alpha value is -3.82. The minimum atomic E-state index is -1.64. The van der Waals surface area contributed by atoms with E-state index in [1.807, 2.05) is 0 Å². The number of methoxy groups -OCH3 is 1. The minimum Gasteiger partial charge on any atom is -0.508 e. The number of halogens is 3. The van der Waals surface area contributed by atoms with E-state index in [1.165, 1.54) is 32.2 Å². The summed E-state index contributed by atoms with van der Waals surface area (Å²) in [6.07, 6.45) is 1.51. The van der Waals surface area contributed by atoms with Crippen LogP contribution in [-0.4, -0.2) is 39.6 Å². The van der Waals surface area contributed by atoms with Gasteiger partial charge in [0.15, 0.2) is 17.4 Å². The smallest absolute Gasteiger partial charge is 0.332 e. The summed E-state index contributed by atoms with van der Waals surface area (Å²) in [6, 6.07) is 5.75. The maximum Gasteiger partial charge on any atom is 0.332 e. The van der Waals surface area contributed by atoms with Gasteiger partial charge in [-0.3, -0.25) is 9.78 Å². The molecule has 3 amide bonds. The highest BCUT2D eigenvalue weighted by Crippen LogP contribution is 2.38. The number of pyridine rings is 1. The molecule has 0 unspecified atom stereocenters. The summed E-state index contributed by atoms with van der Waals surface area (Å²) in [4.78, 5) is 32.0. The quantitative estimate of drug-likeness (QED) is 0.483. The highest BCUT2D eigenvalue weighted by Gasteiger charge is 2.53. The van der Waals surface area contributed by atoms with Crippen molar-refractivity contribution < 1.29 is 32.6 Å². The van der Waals surface area contributed by atoms with Crippen LogP contribution in [0.15, 0.2) is 36.5 Å². The Morgan fingerprint density at radius 1 is 1.09 bits per heavy atom. The van der Waals surface area contributed by atoms with Crippen LogP contribution in [0.1, 0.15) is 19.4 Å². The Kier molecular flexibility index (Phi) is 4.95. The topological polar surface area (TPSA) is 83.0 Å². The van der Waals surface area contributed by atoms with E-state index in [0.29, 0.717) is 27.4 Å². The first kappa shape index (κ1) is 21.4. The molecule has 1 saturated heterocycles. The number of nitrogens with zero attached hydrogens (tertiary/aromatic N) is 3. The first-order valence-corrected chi connectivity index (χ1v) is 9.52. The number of phenols is 1. The number of ether oxygens (including phenoxy) is 1. The van der Waals surface area contributed by atoms with E-state index in [-0.39, 0.29) is 12.3 Å². The molecule has 3 aromatic rings. The Bertz CT molecular complexity index is 1280. The summed E-state index contributed by atoms with van der Waals surface area (Å²) in [5, 5.41) is 10.4. The van der Waals surface area contributed by atoms with Crippen molar-refractivity contribution in [2.75, 3.05) is 12.0 Å². The van der Waals surface area contributed by atoms with E-state index >= 15 is 0 Å². The summed E-state index contributed by atoms with van der Waals surface area (Å²) in [7, 11) is 0.967. The van der Waals surface area contributed by atoms with Gasteiger partial charge >= 0.3 is 6.03 Å². The first-order valence-electron chi connectivity index (χ1n) is 9.52. The van der Waals surface area contributed by atoms with Crippen LogP contribution >= 0.6 is 0 Å². The number of phenolic OH excluding ortho intramolecular Hbond substituents is 1. The second kappa shape index (κ2) is 7.40. The molecule has 0 radical (unpaired) electrons. The molecule has 10 heteroatoms. The average molecular weight is 445 g/mol. The molecule has 32 heavy (non-hydrogen) atoms. The van der Waals surface area contributed by atoms with Crippen LogP contribution in [0.25, 0.3) is 10.9 Å². The zero-order chi connectivity index (χ0) is 23.4. The largest absolute Gasteiger partial charge is 0.508 e. The molecule has 4 rings (SSSR count). The maximum atomic E-state index is 14.7. The molecule has 0 bridgehead atoms. The summed E-state index contributed by atoms with van der Waals surface area (Å²) < 4.78 is 47.6. The fourth-order valence-electron chi connectivity index (χ4n) is 3.73. The van der Waals surface area contributed by atoms with Crippen molar-refractivity contribution >= 4 is 28.5 Å². The van der Waals surface area contributed by atoms with Crippen LogP contribution in [-0.2, 0) is 11.3 Å². The van der Waals surface area contributed by atoms with Crippen molar-refractivity contribution in [1.29, 1.82) is 0 Å². The zero-order valence-corrected chi connectivity index (χ0v) is 17.3. The Morgan fingerprint density at radius 3 is 2.50 bits per heavy atom. The second-order valence-electron chi connectivity index (χ2n) is 7.78. The van der Waals surface area contributed by atoms with Crippen molar-refractivity contribution in [1.82, 2.24) is 9.88 Å². The number of anilines is 1. The van der Waals surface area contributed by atoms with Crippen molar-refractivity contribution in [3.63, 3.8) is 0 Å². The number of amides is 3. The lowest BCUT2D eigenvalue weighted by molar-refractivity contribution is -0.123. The lowest BCUT2D eigenvalue weighted by Gasteiger charge is -2.28. The predicted octanol–water partition coefficient (Wildman–Crippen LogP) is 4.11. The second-order valence-corrected chi connectivity index (χ2v) is 7.78. The maximum absolute atomic E-state index is 14.7. The molecule has 1 fully saturated rings. The normalized spacial score (nSPS) is 15.7. The highest BCUT2D eigenvalue weighted by atomic mass is 19.2. The predicted molar refractivity (Wildman–Crippen MR) is 109 cm³/mol. The van der Waals surface area contributed by atoms with Crippen LogP contribution in [0.3, 0.4) is 0 Å². The van der Waals surface area contributed by atoms with Gasteiger partial charge in [0.2, 0.25) is 5.82 Å². The third-order valence-corrected chi connectivity index (χ3v) is 5.51. The summed E-state index contributed by atoms with van der Waals surface area (Å²) in [5.74, 6) is -6.30. The lowest BCUT2D eigenvalue weighted by atomic mass is 10.0. The fourth-order valence-corrected chi connectivity index (χ4v) is 3.73. The Balaban J connectivity index is 1.79. The number of carbonyl (C=O) groups is 2. The molecule has 166 valence electrons. The number of aromatic nitrogens is 1. The molecule has 0 spiro atoms. The number of benzene rings is 2. The van der Waals surface area contributed by atoms with Crippen LogP contribution < -0.4 is 9.64 Å². The minimum absolute atomic E-state index is 0.0114. The number of imide groups is 1. The third-order valence-electron chi connectivity index (χ3n) is 5.51. The van der Waals surface area contributed by atoms with E-state index in [4.69, 9.17) is 0 Å². The number of aromatic hydroxyl groups is 1. The van der Waals surface area contributed by atoms with Crippen LogP contribution in [0, 0.1) is 17.5 Å². The molecule has 0 aliphatic carbocycles. The monoisotopic (exact) mass is 445 g/mol. The van der Waals surface area contributed by atoms with Gasteiger partial charge in [-0.15, -0.1) is 0 Å². The molecule has 1 aliphatic heterocycles. The molecule has 2 aromatic carbocycles. The van der Waals surface area contributed by atoms with Crippen LogP contribution in [0.5, 0.6) is 11.5 Å². The van der Waals surface area contributed by atoms with E-state index in [0.717, 1.165) is 12.0 Å². The SMILES string of the molecule is COc1c(F)cc(N2C(=O)N(Cc3ccnc4ccc(O)cc34)C(C)(C)C2=O)c(F)c1F. The van der Waals surface area contributed by atoms with E-state index < -0.39 is 46.4 Å². The number of urea groups is 1. The molecule has 2 heterocycles. The van der Waals surface area contributed by atoms with Gasteiger partial charge < -0.3 is 14.7 Å². The fraction of sp³-hybridized carbons (Fsp3) is 0.227. The molecule has 1 aromatic heterocycles. The van der Waals surface area contributed by atoms with E-state index in [1.54, 1.807) is 12.1 Å². The van der Waals surface area contributed by atoms with Crippen molar-refractivity contribution in [3.05, 3.63) is 59.5 Å². The summed E-state index contributed by atoms with van der Waals surface area (Å²) in [5.41, 5.74) is -1.18. The van der Waals surface area contributed by atoms with Gasteiger partial charge in [0.1, 0.15) is 11.3 Å². The lowest BCUT2D eigenvalue weighted by Crippen LogP contribution is -2.43. The molecule has 7 nitrogen and oxygen atoms in total. The Labute approximate surface area is 180 Å². The first-order chi connectivity index (χ1) is 15.1. The van der Waals surface area contributed by atoms with E-state index in [9.17, 15) is 27.9 Å². The van der Waals surface area contributed by atoms with Gasteiger partial charge in [-0.2, -0.15) is 4.39 Å². The Morgan fingerprint density at radius 2 is 1.81 bits per heavy atom. The standard InChI is InChI=1S/C22H18F3N3O4/c1-22(2)20(30)28(16-9-14(23)19(32-3)18(25)17(16)24)21(31)27(22)10-11-6-7-26-15-5-4-12(29)8-13(11)15/h4-9,29H,10H2,1-3H3. The van der Waals surface area contributed by atoms with Crippen LogP contribution in [0.4, 0.5) is 23.7 Å². The highest BCUT2D eigenvalue weighted by molar-refractivity contribution is 6.23. The summed E-state index contributed by atoms with van der Waals surface area (Å²) in [6.45, 7) is 2.80. The number of fused-ring (bicyclic) bond motifs is 1. The van der Waals surface area contributed by atoms with Gasteiger partial charge in [0.05, 0.1) is 18.3 Å². The van der Waals surface area contributed by atoms with Gasteiger partial charge in [-0.05, 0) is 43.7 Å². The number of hydrogen-bond donors (Lipinski definition) is 1. The van der Waals surface area contributed by atoms with Gasteiger partial charge in [0, 0.05) is 24.2 Å². The van der Waals surface area contributed by atoms with Crippen LogP contribution in [0.2, 0.25) is 0 Å². The molecule has 1 N–H and O–H groups in total. The molecule has 0 atom stereocenters. The molecular weight excluding hydrogens is 427 g/mol. The average Bonchev–Trinajstić information content (AvgIpc) is 2.91. The third kappa shape index (κ3) is 3.10. The van der Waals surface area contributed by atoms with Crippen molar-refractivity contribution in [2.24, 2.45) is 0 Å². The van der Waals surface area contributed by atoms with Gasteiger partial charge in [-0.25, -0.2) is 18.5 Å². The van der Waals surface area contributed by atoms with E-state index in [2.05, 4.69) is 9.72 Å².